The van der Waals surface area contributed by atoms with Gasteiger partial charge >= 0.3 is 0 Å². The van der Waals surface area contributed by atoms with Gasteiger partial charge in [0.05, 0.1) is 5.56 Å². The van der Waals surface area contributed by atoms with Crippen LogP contribution in [0.25, 0.3) is 11.3 Å². The lowest BCUT2D eigenvalue weighted by molar-refractivity contribution is 0.0998. The van der Waals surface area contributed by atoms with Gasteiger partial charge in [-0.3, -0.25) is 4.79 Å². The number of anilines is 1. The van der Waals surface area contributed by atoms with Gasteiger partial charge in [-0.2, -0.15) is 5.26 Å². The fraction of sp³-hybridized carbons (Fsp3) is 0.158. The molecule has 0 bridgehead atoms. The van der Waals surface area contributed by atoms with Crippen LogP contribution in [0.4, 0.5) is 5.00 Å². The summed E-state index contributed by atoms with van der Waals surface area (Å²) < 4.78 is 5.66. The first-order valence-corrected chi connectivity index (χ1v) is 9.07. The third-order valence-electron chi connectivity index (χ3n) is 4.20. The van der Waals surface area contributed by atoms with Gasteiger partial charge in [0.15, 0.2) is 5.76 Å². The van der Waals surface area contributed by atoms with Gasteiger partial charge in [0, 0.05) is 15.5 Å². The molecule has 6 heteroatoms. The lowest BCUT2D eigenvalue weighted by atomic mass is 10.1. The van der Waals surface area contributed by atoms with Crippen molar-refractivity contribution in [1.29, 1.82) is 5.26 Å². The summed E-state index contributed by atoms with van der Waals surface area (Å²) in [4.78, 5) is 13.7. The van der Waals surface area contributed by atoms with Crippen molar-refractivity contribution in [2.45, 2.75) is 19.3 Å². The van der Waals surface area contributed by atoms with E-state index < -0.39 is 0 Å². The van der Waals surface area contributed by atoms with Gasteiger partial charge < -0.3 is 9.73 Å². The number of hydrogen-bond donors (Lipinski definition) is 1. The van der Waals surface area contributed by atoms with E-state index in [9.17, 15) is 10.1 Å². The SMILES string of the molecule is N#Cc1c(NC(=O)c2ccc(-c3cccc(Cl)c3)o2)sc2c1CCC2. The summed E-state index contributed by atoms with van der Waals surface area (Å²) in [6.07, 6.45) is 2.96. The highest BCUT2D eigenvalue weighted by Gasteiger charge is 2.24. The minimum absolute atomic E-state index is 0.201. The molecule has 4 nitrogen and oxygen atoms in total. The number of carbonyl (C=O) groups is 1. The molecule has 0 radical (unpaired) electrons. The van der Waals surface area contributed by atoms with Crippen molar-refractivity contribution in [2.75, 3.05) is 5.32 Å². The van der Waals surface area contributed by atoms with Crippen molar-refractivity contribution < 1.29 is 9.21 Å². The predicted molar refractivity (Wildman–Crippen MR) is 98.2 cm³/mol. The Kier molecular flexibility index (Phi) is 4.08. The van der Waals surface area contributed by atoms with E-state index in [1.165, 1.54) is 16.2 Å². The average molecular weight is 369 g/mol. The number of nitrogens with zero attached hydrogens (tertiary/aromatic N) is 1. The number of amides is 1. The Morgan fingerprint density at radius 1 is 1.28 bits per heavy atom. The summed E-state index contributed by atoms with van der Waals surface area (Å²) in [6, 6.07) is 12.8. The van der Waals surface area contributed by atoms with Crippen LogP contribution >= 0.6 is 22.9 Å². The molecule has 4 rings (SSSR count). The van der Waals surface area contributed by atoms with Gasteiger partial charge in [-0.25, -0.2) is 0 Å². The summed E-state index contributed by atoms with van der Waals surface area (Å²) in [7, 11) is 0. The highest BCUT2D eigenvalue weighted by atomic mass is 35.5. The molecule has 25 heavy (non-hydrogen) atoms. The van der Waals surface area contributed by atoms with E-state index in [-0.39, 0.29) is 11.7 Å². The molecule has 2 heterocycles. The summed E-state index contributed by atoms with van der Waals surface area (Å²) in [5.41, 5.74) is 2.48. The number of fused-ring (bicyclic) bond motifs is 1. The van der Waals surface area contributed by atoms with Crippen molar-refractivity contribution in [3.05, 3.63) is 63.2 Å². The molecule has 1 aromatic carbocycles. The number of thiophene rings is 1. The van der Waals surface area contributed by atoms with E-state index in [2.05, 4.69) is 11.4 Å². The van der Waals surface area contributed by atoms with Gasteiger partial charge in [0.25, 0.3) is 5.91 Å². The van der Waals surface area contributed by atoms with Crippen LogP contribution in [0.3, 0.4) is 0 Å². The smallest absolute Gasteiger partial charge is 0.292 e. The maximum Gasteiger partial charge on any atom is 0.292 e. The first-order valence-electron chi connectivity index (χ1n) is 7.87. The topological polar surface area (TPSA) is 66.0 Å². The molecule has 1 aliphatic rings. The fourth-order valence-corrected chi connectivity index (χ4v) is 4.46. The van der Waals surface area contributed by atoms with Gasteiger partial charge in [-0.1, -0.05) is 23.7 Å². The standard InChI is InChI=1S/C19H13ClN2O2S/c20-12-4-1-3-11(9-12)15-7-8-16(24-15)18(23)22-19-14(10-21)13-5-2-6-17(13)25-19/h1,3-4,7-9H,2,5-6H2,(H,22,23). The second-order valence-electron chi connectivity index (χ2n) is 5.80. The summed E-state index contributed by atoms with van der Waals surface area (Å²) in [6.45, 7) is 0. The zero-order valence-electron chi connectivity index (χ0n) is 13.1. The minimum Gasteiger partial charge on any atom is -0.451 e. The summed E-state index contributed by atoms with van der Waals surface area (Å²) in [5.74, 6) is 0.416. The molecule has 124 valence electrons. The second kappa shape index (κ2) is 6.40. The van der Waals surface area contributed by atoms with E-state index in [1.807, 2.05) is 12.1 Å². The highest BCUT2D eigenvalue weighted by molar-refractivity contribution is 7.16. The van der Waals surface area contributed by atoms with Crippen LogP contribution in [0.2, 0.25) is 5.02 Å². The number of hydrogen-bond acceptors (Lipinski definition) is 4. The number of nitrogens with one attached hydrogen (secondary N) is 1. The normalized spacial score (nSPS) is 12.6. The van der Waals surface area contributed by atoms with Crippen LogP contribution in [-0.2, 0) is 12.8 Å². The Morgan fingerprint density at radius 3 is 2.96 bits per heavy atom. The first-order chi connectivity index (χ1) is 12.2. The van der Waals surface area contributed by atoms with Crippen LogP contribution in [-0.4, -0.2) is 5.91 Å². The Morgan fingerprint density at radius 2 is 2.16 bits per heavy atom. The number of aryl methyl sites for hydroxylation is 1. The molecule has 2 aromatic heterocycles. The molecule has 0 aliphatic heterocycles. The van der Waals surface area contributed by atoms with Crippen LogP contribution in [0.1, 0.15) is 33.0 Å². The number of furan rings is 1. The van der Waals surface area contributed by atoms with Crippen LogP contribution in [0, 0.1) is 11.3 Å². The zero-order valence-corrected chi connectivity index (χ0v) is 14.7. The molecule has 0 unspecified atom stereocenters. The molecule has 0 saturated carbocycles. The van der Waals surface area contributed by atoms with Crippen LogP contribution < -0.4 is 5.32 Å². The quantitative estimate of drug-likeness (QED) is 0.684. The summed E-state index contributed by atoms with van der Waals surface area (Å²) in [5, 5.41) is 13.4. The number of carbonyl (C=O) groups excluding carboxylic acids is 1. The minimum atomic E-state index is -0.357. The maximum absolute atomic E-state index is 12.5. The molecule has 0 spiro atoms. The molecule has 1 N–H and O–H groups in total. The largest absolute Gasteiger partial charge is 0.451 e. The Labute approximate surface area is 153 Å². The summed E-state index contributed by atoms with van der Waals surface area (Å²) >= 11 is 7.48. The highest BCUT2D eigenvalue weighted by Crippen LogP contribution is 2.38. The third kappa shape index (κ3) is 2.95. The average Bonchev–Trinajstić information content (AvgIpc) is 3.30. The third-order valence-corrected chi connectivity index (χ3v) is 5.64. The van der Waals surface area contributed by atoms with Gasteiger partial charge in [0.2, 0.25) is 0 Å². The van der Waals surface area contributed by atoms with E-state index in [4.69, 9.17) is 16.0 Å². The monoisotopic (exact) mass is 368 g/mol. The van der Waals surface area contributed by atoms with E-state index in [0.717, 1.165) is 30.4 Å². The molecule has 3 aromatic rings. The Balaban J connectivity index is 1.58. The zero-order chi connectivity index (χ0) is 17.4. The Bertz CT molecular complexity index is 1010. The number of halogens is 1. The van der Waals surface area contributed by atoms with Gasteiger partial charge in [-0.15, -0.1) is 11.3 Å². The van der Waals surface area contributed by atoms with Crippen LogP contribution in [0.15, 0.2) is 40.8 Å². The lowest BCUT2D eigenvalue weighted by Gasteiger charge is -2.02. The Hall–Kier alpha value is -2.55. The van der Waals surface area contributed by atoms with Crippen molar-refractivity contribution in [3.63, 3.8) is 0 Å². The molecular formula is C19H13ClN2O2S. The number of rotatable bonds is 3. The molecule has 0 atom stereocenters. The van der Waals surface area contributed by atoms with Gasteiger partial charge in [-0.05, 0) is 49.1 Å². The van der Waals surface area contributed by atoms with Crippen LogP contribution in [0.5, 0.6) is 0 Å². The van der Waals surface area contributed by atoms with Gasteiger partial charge in [0.1, 0.15) is 16.8 Å². The fourth-order valence-electron chi connectivity index (χ4n) is 3.03. The first kappa shape index (κ1) is 15.9. The molecular weight excluding hydrogens is 356 g/mol. The van der Waals surface area contributed by atoms with Crippen molar-refractivity contribution in [1.82, 2.24) is 0 Å². The van der Waals surface area contributed by atoms with E-state index >= 15 is 0 Å². The van der Waals surface area contributed by atoms with Crippen molar-refractivity contribution >= 4 is 33.8 Å². The number of benzene rings is 1. The molecule has 0 fully saturated rings. The predicted octanol–water partition coefficient (Wildman–Crippen LogP) is 5.27. The molecule has 0 saturated heterocycles. The van der Waals surface area contributed by atoms with E-state index in [0.29, 0.717) is 21.3 Å². The van der Waals surface area contributed by atoms with E-state index in [1.54, 1.807) is 24.3 Å². The lowest BCUT2D eigenvalue weighted by Crippen LogP contribution is -2.10. The number of nitriles is 1. The van der Waals surface area contributed by atoms with Crippen molar-refractivity contribution in [2.24, 2.45) is 0 Å². The molecule has 1 aliphatic carbocycles. The maximum atomic E-state index is 12.5. The second-order valence-corrected chi connectivity index (χ2v) is 7.34. The van der Waals surface area contributed by atoms with Crippen molar-refractivity contribution in [3.8, 4) is 17.4 Å². The molecule has 1 amide bonds.